The van der Waals surface area contributed by atoms with Crippen LogP contribution in [0.15, 0.2) is 24.6 Å². The van der Waals surface area contributed by atoms with Crippen LogP contribution < -0.4 is 5.32 Å². The smallest absolute Gasteiger partial charge is 0.102 e. The van der Waals surface area contributed by atoms with E-state index in [1.807, 2.05) is 12.4 Å². The molecule has 1 rings (SSSR count). The maximum absolute atomic E-state index is 9.03. The lowest BCUT2D eigenvalue weighted by molar-refractivity contribution is 0.202. The number of nitrogens with one attached hydrogen (secondary N) is 1. The monoisotopic (exact) mass is 350 g/mol. The van der Waals surface area contributed by atoms with Crippen LogP contribution >= 0.6 is 0 Å². The van der Waals surface area contributed by atoms with Gasteiger partial charge in [-0.3, -0.25) is 0 Å². The van der Waals surface area contributed by atoms with Crippen LogP contribution in [0, 0.1) is 0 Å². The van der Waals surface area contributed by atoms with Crippen LogP contribution in [-0.4, -0.2) is 29.3 Å². The van der Waals surface area contributed by atoms with Crippen molar-refractivity contribution in [3.63, 3.8) is 0 Å². The highest BCUT2D eigenvalue weighted by molar-refractivity contribution is 4.97. The summed E-state index contributed by atoms with van der Waals surface area (Å²) in [5, 5.41) is 12.4. The van der Waals surface area contributed by atoms with Gasteiger partial charge in [-0.15, -0.1) is 0 Å². The molecular weight excluding hydrogens is 308 g/mol. The number of unbranched alkanes of at least 4 members (excludes halogenated alkanes) is 12. The van der Waals surface area contributed by atoms with Gasteiger partial charge in [-0.2, -0.15) is 0 Å². The van der Waals surface area contributed by atoms with Crippen LogP contribution in [-0.2, 0) is 0 Å². The van der Waals surface area contributed by atoms with Crippen molar-refractivity contribution in [1.82, 2.24) is 10.2 Å². The van der Waals surface area contributed by atoms with Gasteiger partial charge in [0.2, 0.25) is 0 Å². The first-order valence-electron chi connectivity index (χ1n) is 10.8. The molecule has 3 heteroatoms. The molecule has 1 unspecified atom stereocenters. The van der Waals surface area contributed by atoms with Gasteiger partial charge in [-0.1, -0.05) is 89.7 Å². The molecule has 0 saturated carbocycles. The number of rotatable bonds is 17. The standard InChI is InChI=1S/C22H42N2O/c1-2-3-4-5-6-7-8-9-10-11-12-13-14-15-16-17-22-23-18-19-24(22)20-21-25/h15-16,18-19,22-23,25H,2-14,17,20-21H2,1H3. The van der Waals surface area contributed by atoms with E-state index in [0.717, 1.165) is 6.42 Å². The van der Waals surface area contributed by atoms with Gasteiger partial charge >= 0.3 is 0 Å². The molecule has 0 amide bonds. The molecule has 25 heavy (non-hydrogen) atoms. The molecule has 0 radical (unpaired) electrons. The molecule has 0 aromatic heterocycles. The minimum Gasteiger partial charge on any atom is -0.395 e. The highest BCUT2D eigenvalue weighted by atomic mass is 16.3. The largest absolute Gasteiger partial charge is 0.395 e. The van der Waals surface area contributed by atoms with Gasteiger partial charge in [0.25, 0.3) is 0 Å². The number of nitrogens with zero attached hydrogens (tertiary/aromatic N) is 1. The Kier molecular flexibility index (Phi) is 14.6. The van der Waals surface area contributed by atoms with Crippen LogP contribution in [0.5, 0.6) is 0 Å². The first kappa shape index (κ1) is 22.1. The lowest BCUT2D eigenvalue weighted by Crippen LogP contribution is -2.36. The van der Waals surface area contributed by atoms with Crippen molar-refractivity contribution in [2.45, 2.75) is 103 Å². The average Bonchev–Trinajstić information content (AvgIpc) is 3.06. The Hall–Kier alpha value is -0.960. The van der Waals surface area contributed by atoms with Gasteiger partial charge < -0.3 is 15.3 Å². The third-order valence-corrected chi connectivity index (χ3v) is 5.06. The molecular formula is C22H42N2O. The van der Waals surface area contributed by atoms with Crippen molar-refractivity contribution < 1.29 is 5.11 Å². The molecule has 0 saturated heterocycles. The quantitative estimate of drug-likeness (QED) is 0.260. The number of hydrogen-bond acceptors (Lipinski definition) is 3. The van der Waals surface area contributed by atoms with Gasteiger partial charge in [0, 0.05) is 25.4 Å². The fourth-order valence-corrected chi connectivity index (χ4v) is 3.44. The number of aliphatic hydroxyl groups excluding tert-OH is 1. The lowest BCUT2D eigenvalue weighted by atomic mass is 10.0. The predicted octanol–water partition coefficient (Wildman–Crippen LogP) is 5.72. The lowest BCUT2D eigenvalue weighted by Gasteiger charge is -2.23. The van der Waals surface area contributed by atoms with Crippen LogP contribution in [0.4, 0.5) is 0 Å². The van der Waals surface area contributed by atoms with Crippen LogP contribution in [0.3, 0.4) is 0 Å². The fourth-order valence-electron chi connectivity index (χ4n) is 3.44. The third-order valence-electron chi connectivity index (χ3n) is 5.06. The van der Waals surface area contributed by atoms with Crippen molar-refractivity contribution in [3.8, 4) is 0 Å². The van der Waals surface area contributed by atoms with Crippen LogP contribution in [0.1, 0.15) is 96.8 Å². The van der Waals surface area contributed by atoms with Crippen molar-refractivity contribution in [1.29, 1.82) is 0 Å². The second-order valence-electron chi connectivity index (χ2n) is 7.34. The van der Waals surface area contributed by atoms with Crippen molar-refractivity contribution in [2.75, 3.05) is 13.2 Å². The summed E-state index contributed by atoms with van der Waals surface area (Å²) < 4.78 is 0. The summed E-state index contributed by atoms with van der Waals surface area (Å²) in [4.78, 5) is 2.16. The van der Waals surface area contributed by atoms with Gasteiger partial charge in [0.05, 0.1) is 6.61 Å². The van der Waals surface area contributed by atoms with E-state index in [9.17, 15) is 0 Å². The molecule has 3 nitrogen and oxygen atoms in total. The zero-order valence-corrected chi connectivity index (χ0v) is 16.6. The first-order chi connectivity index (χ1) is 12.4. The molecule has 146 valence electrons. The molecule has 0 spiro atoms. The van der Waals surface area contributed by atoms with Crippen LogP contribution in [0.2, 0.25) is 0 Å². The molecule has 1 heterocycles. The topological polar surface area (TPSA) is 35.5 Å². The minimum atomic E-state index is 0.213. The molecule has 1 aliphatic heterocycles. The normalized spacial score (nSPS) is 16.9. The second-order valence-corrected chi connectivity index (χ2v) is 7.34. The van der Waals surface area contributed by atoms with Crippen LogP contribution in [0.25, 0.3) is 0 Å². The summed E-state index contributed by atoms with van der Waals surface area (Å²) in [5.41, 5.74) is 0. The number of β-amino-alcohol motifs (C(OH)–C–C–N with tert-alkyl or cyclic N) is 1. The summed E-state index contributed by atoms with van der Waals surface area (Å²) in [6, 6.07) is 0. The Labute approximate surface area is 156 Å². The first-order valence-corrected chi connectivity index (χ1v) is 10.8. The SMILES string of the molecule is CCCCCCCCCCCCCCC=CCC1NC=CN1CCO. The zero-order valence-electron chi connectivity index (χ0n) is 16.6. The van der Waals surface area contributed by atoms with E-state index in [1.54, 1.807) is 0 Å². The molecule has 0 aliphatic carbocycles. The van der Waals surface area contributed by atoms with E-state index in [2.05, 4.69) is 29.3 Å². The summed E-state index contributed by atoms with van der Waals surface area (Å²) in [5.74, 6) is 0. The Morgan fingerprint density at radius 1 is 0.880 bits per heavy atom. The maximum Gasteiger partial charge on any atom is 0.102 e. The van der Waals surface area contributed by atoms with Gasteiger partial charge in [-0.25, -0.2) is 0 Å². The highest BCUT2D eigenvalue weighted by Crippen LogP contribution is 2.13. The van der Waals surface area contributed by atoms with Crippen molar-refractivity contribution in [2.24, 2.45) is 0 Å². The highest BCUT2D eigenvalue weighted by Gasteiger charge is 2.15. The average molecular weight is 351 g/mol. The summed E-state index contributed by atoms with van der Waals surface area (Å²) >= 11 is 0. The second kappa shape index (κ2) is 16.5. The molecule has 1 atom stereocenters. The number of aliphatic hydroxyl groups is 1. The van der Waals surface area contributed by atoms with Gasteiger partial charge in [0.1, 0.15) is 6.17 Å². The zero-order chi connectivity index (χ0) is 18.0. The van der Waals surface area contributed by atoms with E-state index < -0.39 is 0 Å². The molecule has 0 aromatic carbocycles. The number of allylic oxidation sites excluding steroid dienone is 1. The van der Waals surface area contributed by atoms with E-state index in [1.165, 1.54) is 83.5 Å². The Morgan fingerprint density at radius 2 is 1.48 bits per heavy atom. The Morgan fingerprint density at radius 3 is 2.08 bits per heavy atom. The van der Waals surface area contributed by atoms with E-state index in [-0.39, 0.29) is 6.61 Å². The molecule has 0 aromatic rings. The van der Waals surface area contributed by atoms with Gasteiger partial charge in [-0.05, 0) is 12.8 Å². The molecule has 1 aliphatic rings. The van der Waals surface area contributed by atoms with Gasteiger partial charge in [0.15, 0.2) is 0 Å². The van der Waals surface area contributed by atoms with E-state index in [0.29, 0.717) is 12.7 Å². The molecule has 0 fully saturated rings. The summed E-state index contributed by atoms with van der Waals surface area (Å²) in [7, 11) is 0. The number of hydrogen-bond donors (Lipinski definition) is 2. The molecule has 0 bridgehead atoms. The Bertz CT molecular complexity index is 341. The predicted molar refractivity (Wildman–Crippen MR) is 109 cm³/mol. The van der Waals surface area contributed by atoms with Crippen molar-refractivity contribution >= 4 is 0 Å². The summed E-state index contributed by atoms with van der Waals surface area (Å²) in [6.45, 7) is 3.21. The summed E-state index contributed by atoms with van der Waals surface area (Å²) in [6.07, 6.45) is 28.1. The van der Waals surface area contributed by atoms with E-state index in [4.69, 9.17) is 5.11 Å². The van der Waals surface area contributed by atoms with E-state index >= 15 is 0 Å². The fraction of sp³-hybridized carbons (Fsp3) is 0.818. The Balaban J connectivity index is 1.81. The molecule has 2 N–H and O–H groups in total. The van der Waals surface area contributed by atoms with Crippen molar-refractivity contribution in [3.05, 3.63) is 24.6 Å². The minimum absolute atomic E-state index is 0.213. The third kappa shape index (κ3) is 12.1. The maximum atomic E-state index is 9.03.